The second-order valence-electron chi connectivity index (χ2n) is 7.43. The first-order valence-electron chi connectivity index (χ1n) is 10.3. The van der Waals surface area contributed by atoms with E-state index in [-0.39, 0.29) is 0 Å². The SMILES string of the molecule is CCN(Cc1ccccc1)c1nncc(N2CCN(c3cccc(C)c3)CC2)n1. The summed E-state index contributed by atoms with van der Waals surface area (Å²) in [6, 6.07) is 19.1. The molecule has 0 spiro atoms. The maximum absolute atomic E-state index is 4.84. The fourth-order valence-electron chi connectivity index (χ4n) is 3.72. The number of nitrogens with zero attached hydrogens (tertiary/aromatic N) is 6. The van der Waals surface area contributed by atoms with Gasteiger partial charge in [-0.15, -0.1) is 5.10 Å². The zero-order valence-electron chi connectivity index (χ0n) is 17.2. The molecule has 0 N–H and O–H groups in total. The molecule has 29 heavy (non-hydrogen) atoms. The van der Waals surface area contributed by atoms with Gasteiger partial charge in [-0.1, -0.05) is 42.5 Å². The molecule has 1 aromatic heterocycles. The molecule has 0 amide bonds. The van der Waals surface area contributed by atoms with Gasteiger partial charge in [0.1, 0.15) is 0 Å². The van der Waals surface area contributed by atoms with Gasteiger partial charge in [0.25, 0.3) is 0 Å². The molecule has 1 aliphatic rings. The minimum atomic E-state index is 0.690. The zero-order chi connectivity index (χ0) is 20.1. The summed E-state index contributed by atoms with van der Waals surface area (Å²) in [6.07, 6.45) is 1.78. The number of hydrogen-bond donors (Lipinski definition) is 0. The van der Waals surface area contributed by atoms with Gasteiger partial charge in [-0.05, 0) is 37.1 Å². The lowest BCUT2D eigenvalue weighted by Gasteiger charge is -2.36. The summed E-state index contributed by atoms with van der Waals surface area (Å²) >= 11 is 0. The first-order valence-corrected chi connectivity index (χ1v) is 10.3. The van der Waals surface area contributed by atoms with Crippen molar-refractivity contribution in [3.05, 3.63) is 71.9 Å². The molecule has 2 aromatic carbocycles. The summed E-state index contributed by atoms with van der Waals surface area (Å²) in [5.74, 6) is 1.60. The summed E-state index contributed by atoms with van der Waals surface area (Å²) in [6.45, 7) is 9.69. The molecule has 0 aliphatic carbocycles. The molecular weight excluding hydrogens is 360 g/mol. The zero-order valence-corrected chi connectivity index (χ0v) is 17.2. The largest absolute Gasteiger partial charge is 0.368 e. The lowest BCUT2D eigenvalue weighted by molar-refractivity contribution is 0.642. The summed E-state index contributed by atoms with van der Waals surface area (Å²) in [5.41, 5.74) is 3.84. The Morgan fingerprint density at radius 3 is 2.41 bits per heavy atom. The number of benzene rings is 2. The van der Waals surface area contributed by atoms with Gasteiger partial charge < -0.3 is 14.7 Å². The predicted molar refractivity (Wildman–Crippen MR) is 119 cm³/mol. The van der Waals surface area contributed by atoms with Gasteiger partial charge in [0.05, 0.1) is 6.20 Å². The van der Waals surface area contributed by atoms with Crippen LogP contribution < -0.4 is 14.7 Å². The first-order chi connectivity index (χ1) is 14.2. The molecule has 6 nitrogen and oxygen atoms in total. The van der Waals surface area contributed by atoms with Crippen LogP contribution in [0.15, 0.2) is 60.8 Å². The quantitative estimate of drug-likeness (QED) is 0.644. The molecule has 4 rings (SSSR count). The number of anilines is 3. The minimum absolute atomic E-state index is 0.690. The second kappa shape index (κ2) is 8.90. The van der Waals surface area contributed by atoms with Gasteiger partial charge in [0, 0.05) is 45.0 Å². The first kappa shape index (κ1) is 19.2. The molecule has 1 fully saturated rings. The van der Waals surface area contributed by atoms with Crippen molar-refractivity contribution in [3.63, 3.8) is 0 Å². The highest BCUT2D eigenvalue weighted by Gasteiger charge is 2.20. The number of piperazine rings is 1. The highest BCUT2D eigenvalue weighted by Crippen LogP contribution is 2.21. The van der Waals surface area contributed by atoms with Gasteiger partial charge in [-0.2, -0.15) is 10.1 Å². The van der Waals surface area contributed by atoms with Crippen molar-refractivity contribution in [1.29, 1.82) is 0 Å². The molecule has 0 atom stereocenters. The van der Waals surface area contributed by atoms with Crippen LogP contribution in [-0.2, 0) is 6.54 Å². The topological polar surface area (TPSA) is 48.4 Å². The average Bonchev–Trinajstić information content (AvgIpc) is 2.78. The van der Waals surface area contributed by atoms with Crippen LogP contribution in [0.3, 0.4) is 0 Å². The Morgan fingerprint density at radius 2 is 1.69 bits per heavy atom. The molecule has 1 aliphatic heterocycles. The van der Waals surface area contributed by atoms with Crippen LogP contribution in [-0.4, -0.2) is 47.9 Å². The summed E-state index contributed by atoms with van der Waals surface area (Å²) in [4.78, 5) is 11.7. The number of rotatable bonds is 6. The van der Waals surface area contributed by atoms with Gasteiger partial charge in [-0.3, -0.25) is 0 Å². The summed E-state index contributed by atoms with van der Waals surface area (Å²) in [7, 11) is 0. The Morgan fingerprint density at radius 1 is 0.931 bits per heavy atom. The van der Waals surface area contributed by atoms with E-state index in [1.54, 1.807) is 6.20 Å². The molecule has 1 saturated heterocycles. The number of aryl methyl sites for hydroxylation is 1. The van der Waals surface area contributed by atoms with Crippen molar-refractivity contribution in [1.82, 2.24) is 15.2 Å². The Labute approximate surface area is 172 Å². The highest BCUT2D eigenvalue weighted by atomic mass is 15.4. The minimum Gasteiger partial charge on any atom is -0.368 e. The van der Waals surface area contributed by atoms with Crippen molar-refractivity contribution in [3.8, 4) is 0 Å². The molecule has 2 heterocycles. The lowest BCUT2D eigenvalue weighted by atomic mass is 10.2. The highest BCUT2D eigenvalue weighted by molar-refractivity contribution is 5.51. The van der Waals surface area contributed by atoms with Crippen molar-refractivity contribution < 1.29 is 0 Å². The van der Waals surface area contributed by atoms with E-state index >= 15 is 0 Å². The fourth-order valence-corrected chi connectivity index (χ4v) is 3.72. The Bertz CT molecular complexity index is 921. The monoisotopic (exact) mass is 388 g/mol. The van der Waals surface area contributed by atoms with E-state index in [9.17, 15) is 0 Å². The fraction of sp³-hybridized carbons (Fsp3) is 0.348. The molecule has 6 heteroatoms. The van der Waals surface area contributed by atoms with Crippen LogP contribution in [0.5, 0.6) is 0 Å². The predicted octanol–water partition coefficient (Wildman–Crippen LogP) is 3.53. The van der Waals surface area contributed by atoms with Crippen LogP contribution in [0.2, 0.25) is 0 Å². The van der Waals surface area contributed by atoms with Crippen LogP contribution in [0.4, 0.5) is 17.5 Å². The van der Waals surface area contributed by atoms with E-state index < -0.39 is 0 Å². The Kier molecular flexibility index (Phi) is 5.89. The number of aromatic nitrogens is 3. The molecule has 150 valence electrons. The van der Waals surface area contributed by atoms with E-state index in [4.69, 9.17) is 4.98 Å². The number of hydrogen-bond acceptors (Lipinski definition) is 6. The van der Waals surface area contributed by atoms with Crippen molar-refractivity contribution in [2.75, 3.05) is 47.4 Å². The van der Waals surface area contributed by atoms with Crippen LogP contribution >= 0.6 is 0 Å². The smallest absolute Gasteiger partial charge is 0.247 e. The van der Waals surface area contributed by atoms with Gasteiger partial charge in [0.15, 0.2) is 5.82 Å². The van der Waals surface area contributed by atoms with E-state index in [1.807, 2.05) is 6.07 Å². The van der Waals surface area contributed by atoms with Gasteiger partial charge >= 0.3 is 0 Å². The van der Waals surface area contributed by atoms with Crippen molar-refractivity contribution in [2.45, 2.75) is 20.4 Å². The maximum Gasteiger partial charge on any atom is 0.247 e. The maximum atomic E-state index is 4.84. The second-order valence-corrected chi connectivity index (χ2v) is 7.43. The Balaban J connectivity index is 1.43. The van der Waals surface area contributed by atoms with E-state index in [1.165, 1.54) is 16.8 Å². The standard InChI is InChI=1S/C23H28N6/c1-3-27(18-20-9-5-4-6-10-20)23-25-22(17-24-26-23)29-14-12-28(13-15-29)21-11-7-8-19(2)16-21/h4-11,16-17H,3,12-15,18H2,1-2H3. The third-order valence-electron chi connectivity index (χ3n) is 5.39. The van der Waals surface area contributed by atoms with Crippen LogP contribution in [0.1, 0.15) is 18.1 Å². The molecule has 0 unspecified atom stereocenters. The van der Waals surface area contributed by atoms with Crippen LogP contribution in [0.25, 0.3) is 0 Å². The molecule has 0 radical (unpaired) electrons. The van der Waals surface area contributed by atoms with E-state index in [0.29, 0.717) is 5.95 Å². The normalized spacial score (nSPS) is 14.1. The van der Waals surface area contributed by atoms with E-state index in [2.05, 4.69) is 87.3 Å². The molecular formula is C23H28N6. The van der Waals surface area contributed by atoms with Gasteiger partial charge in [-0.25, -0.2) is 0 Å². The van der Waals surface area contributed by atoms with Crippen molar-refractivity contribution in [2.24, 2.45) is 0 Å². The van der Waals surface area contributed by atoms with E-state index in [0.717, 1.165) is 45.1 Å². The lowest BCUT2D eigenvalue weighted by Crippen LogP contribution is -2.47. The molecule has 3 aromatic rings. The molecule has 0 bridgehead atoms. The van der Waals surface area contributed by atoms with Gasteiger partial charge in [0.2, 0.25) is 5.95 Å². The van der Waals surface area contributed by atoms with Crippen molar-refractivity contribution >= 4 is 17.5 Å². The average molecular weight is 389 g/mol. The molecule has 0 saturated carbocycles. The third-order valence-corrected chi connectivity index (χ3v) is 5.39. The Hall–Kier alpha value is -3.15. The summed E-state index contributed by atoms with van der Waals surface area (Å²) < 4.78 is 0. The van der Waals surface area contributed by atoms with Crippen LogP contribution in [0, 0.1) is 6.92 Å². The third kappa shape index (κ3) is 4.65. The summed E-state index contributed by atoms with van der Waals surface area (Å²) in [5, 5.41) is 8.55.